The lowest BCUT2D eigenvalue weighted by Crippen LogP contribution is -2.53. The van der Waals surface area contributed by atoms with Crippen molar-refractivity contribution < 1.29 is 9.84 Å². The lowest BCUT2D eigenvalue weighted by atomic mass is 9.67. The predicted octanol–water partition coefficient (Wildman–Crippen LogP) is 0.903. The minimum absolute atomic E-state index is 0.156. The van der Waals surface area contributed by atoms with E-state index in [1.165, 1.54) is 0 Å². The van der Waals surface area contributed by atoms with E-state index in [0.717, 1.165) is 6.42 Å². The van der Waals surface area contributed by atoms with Gasteiger partial charge in [-0.3, -0.25) is 0 Å². The zero-order valence-corrected chi connectivity index (χ0v) is 8.68. The third-order valence-electron chi connectivity index (χ3n) is 3.67. The van der Waals surface area contributed by atoms with Crippen LogP contribution < -0.4 is 5.73 Å². The third kappa shape index (κ3) is 1.87. The molecule has 0 saturated carbocycles. The topological polar surface area (TPSA) is 55.5 Å². The van der Waals surface area contributed by atoms with Crippen LogP contribution in [0.5, 0.6) is 0 Å². The molecule has 0 amide bonds. The van der Waals surface area contributed by atoms with Crippen LogP contribution >= 0.6 is 0 Å². The molecule has 0 aromatic carbocycles. The first-order valence-electron chi connectivity index (χ1n) is 5.08. The monoisotopic (exact) mass is 187 g/mol. The Morgan fingerprint density at radius 3 is 2.38 bits per heavy atom. The van der Waals surface area contributed by atoms with E-state index in [-0.39, 0.29) is 5.41 Å². The van der Waals surface area contributed by atoms with Gasteiger partial charge in [-0.25, -0.2) is 0 Å². The van der Waals surface area contributed by atoms with Crippen LogP contribution in [0.25, 0.3) is 0 Å². The molecule has 1 aliphatic heterocycles. The Bertz CT molecular complexity index is 160. The SMILES string of the molecule is CCC(C)(CN)C1(O)CCOCC1. The highest BCUT2D eigenvalue weighted by atomic mass is 16.5. The van der Waals surface area contributed by atoms with Crippen molar-refractivity contribution in [3.8, 4) is 0 Å². The number of hydrogen-bond donors (Lipinski definition) is 2. The fraction of sp³-hybridized carbons (Fsp3) is 1.00. The molecule has 0 bridgehead atoms. The first-order valence-corrected chi connectivity index (χ1v) is 5.08. The van der Waals surface area contributed by atoms with Crippen molar-refractivity contribution in [1.82, 2.24) is 0 Å². The quantitative estimate of drug-likeness (QED) is 0.690. The molecule has 78 valence electrons. The van der Waals surface area contributed by atoms with Crippen LogP contribution in [0.2, 0.25) is 0 Å². The molecule has 3 N–H and O–H groups in total. The van der Waals surface area contributed by atoms with E-state index >= 15 is 0 Å². The van der Waals surface area contributed by atoms with E-state index in [1.54, 1.807) is 0 Å². The normalized spacial score (nSPS) is 26.8. The summed E-state index contributed by atoms with van der Waals surface area (Å²) in [5, 5.41) is 10.4. The Hall–Kier alpha value is -0.120. The number of ether oxygens (including phenoxy) is 1. The highest BCUT2D eigenvalue weighted by molar-refractivity contribution is 4.97. The van der Waals surface area contributed by atoms with Gasteiger partial charge in [0.25, 0.3) is 0 Å². The van der Waals surface area contributed by atoms with Gasteiger partial charge in [-0.2, -0.15) is 0 Å². The zero-order valence-electron chi connectivity index (χ0n) is 8.68. The average Bonchev–Trinajstić information content (AvgIpc) is 2.17. The summed E-state index contributed by atoms with van der Waals surface area (Å²) < 4.78 is 5.25. The molecule has 1 heterocycles. The standard InChI is InChI=1S/C10H21NO2/c1-3-9(2,8-11)10(12)4-6-13-7-5-10/h12H,3-8,11H2,1-2H3. The van der Waals surface area contributed by atoms with Crippen molar-refractivity contribution in [2.45, 2.75) is 38.7 Å². The first-order chi connectivity index (χ1) is 6.08. The lowest BCUT2D eigenvalue weighted by Gasteiger charge is -2.46. The smallest absolute Gasteiger partial charge is 0.0756 e. The van der Waals surface area contributed by atoms with Crippen LogP contribution in [0.3, 0.4) is 0 Å². The second-order valence-electron chi connectivity index (χ2n) is 4.26. The number of hydrogen-bond acceptors (Lipinski definition) is 3. The maximum absolute atomic E-state index is 10.4. The van der Waals surface area contributed by atoms with Crippen LogP contribution in [0.1, 0.15) is 33.1 Å². The van der Waals surface area contributed by atoms with Gasteiger partial charge in [0.2, 0.25) is 0 Å². The summed E-state index contributed by atoms with van der Waals surface area (Å²) in [6.07, 6.45) is 2.35. The zero-order chi connectivity index (χ0) is 9.95. The minimum atomic E-state index is -0.616. The van der Waals surface area contributed by atoms with E-state index in [2.05, 4.69) is 13.8 Å². The van der Waals surface area contributed by atoms with Crippen LogP contribution in [0, 0.1) is 5.41 Å². The van der Waals surface area contributed by atoms with Crippen LogP contribution in [-0.4, -0.2) is 30.5 Å². The molecule has 1 fully saturated rings. The third-order valence-corrected chi connectivity index (χ3v) is 3.67. The Morgan fingerprint density at radius 1 is 1.46 bits per heavy atom. The van der Waals surface area contributed by atoms with Crippen molar-refractivity contribution >= 4 is 0 Å². The van der Waals surface area contributed by atoms with E-state index in [4.69, 9.17) is 10.5 Å². The molecule has 1 rings (SSSR count). The average molecular weight is 187 g/mol. The van der Waals surface area contributed by atoms with Gasteiger partial charge in [-0.15, -0.1) is 0 Å². The maximum atomic E-state index is 10.4. The molecule has 0 spiro atoms. The number of nitrogens with two attached hydrogens (primary N) is 1. The van der Waals surface area contributed by atoms with E-state index in [0.29, 0.717) is 32.6 Å². The van der Waals surface area contributed by atoms with E-state index in [9.17, 15) is 5.11 Å². The Labute approximate surface area is 80.3 Å². The summed E-state index contributed by atoms with van der Waals surface area (Å²) in [4.78, 5) is 0. The van der Waals surface area contributed by atoms with Crippen LogP contribution in [0.4, 0.5) is 0 Å². The molecule has 0 aliphatic carbocycles. The maximum Gasteiger partial charge on any atom is 0.0756 e. The first kappa shape index (κ1) is 11.0. The highest BCUT2D eigenvalue weighted by Gasteiger charge is 2.45. The number of rotatable bonds is 3. The van der Waals surface area contributed by atoms with Gasteiger partial charge in [-0.05, 0) is 6.42 Å². The summed E-state index contributed by atoms with van der Waals surface area (Å²) in [5.41, 5.74) is 4.96. The molecule has 0 aromatic rings. The number of aliphatic hydroxyl groups is 1. The van der Waals surface area contributed by atoms with Gasteiger partial charge in [0.15, 0.2) is 0 Å². The van der Waals surface area contributed by atoms with Gasteiger partial charge >= 0.3 is 0 Å². The molecule has 1 aliphatic rings. The Kier molecular flexibility index (Phi) is 3.33. The summed E-state index contributed by atoms with van der Waals surface area (Å²) in [7, 11) is 0. The van der Waals surface area contributed by atoms with Gasteiger partial charge in [0, 0.05) is 38.0 Å². The molecule has 3 heteroatoms. The van der Waals surface area contributed by atoms with E-state index in [1.807, 2.05) is 0 Å². The Morgan fingerprint density at radius 2 is 2.00 bits per heavy atom. The predicted molar refractivity (Wildman–Crippen MR) is 52.5 cm³/mol. The van der Waals surface area contributed by atoms with Crippen LogP contribution in [0.15, 0.2) is 0 Å². The van der Waals surface area contributed by atoms with Gasteiger partial charge in [-0.1, -0.05) is 13.8 Å². The highest BCUT2D eigenvalue weighted by Crippen LogP contribution is 2.40. The molecule has 1 atom stereocenters. The van der Waals surface area contributed by atoms with Crippen molar-refractivity contribution in [3.05, 3.63) is 0 Å². The van der Waals surface area contributed by atoms with Gasteiger partial charge in [0.05, 0.1) is 5.60 Å². The van der Waals surface area contributed by atoms with Crippen LogP contribution in [-0.2, 0) is 4.74 Å². The van der Waals surface area contributed by atoms with Gasteiger partial charge < -0.3 is 15.6 Å². The summed E-state index contributed by atoms with van der Waals surface area (Å²) in [6.45, 7) is 6.01. The molecule has 1 saturated heterocycles. The molecule has 13 heavy (non-hydrogen) atoms. The van der Waals surface area contributed by atoms with Crippen molar-refractivity contribution in [2.24, 2.45) is 11.1 Å². The lowest BCUT2D eigenvalue weighted by molar-refractivity contribution is -0.136. The Balaban J connectivity index is 2.74. The van der Waals surface area contributed by atoms with Crippen molar-refractivity contribution in [2.75, 3.05) is 19.8 Å². The van der Waals surface area contributed by atoms with Gasteiger partial charge in [0.1, 0.15) is 0 Å². The molecular formula is C10H21NO2. The molecule has 3 nitrogen and oxygen atoms in total. The summed E-state index contributed by atoms with van der Waals surface area (Å²) >= 11 is 0. The van der Waals surface area contributed by atoms with Crippen molar-refractivity contribution in [3.63, 3.8) is 0 Å². The fourth-order valence-electron chi connectivity index (χ4n) is 1.98. The van der Waals surface area contributed by atoms with Crippen molar-refractivity contribution in [1.29, 1.82) is 0 Å². The summed E-state index contributed by atoms with van der Waals surface area (Å²) in [6, 6.07) is 0. The second kappa shape index (κ2) is 3.95. The fourth-order valence-corrected chi connectivity index (χ4v) is 1.98. The summed E-state index contributed by atoms with van der Waals surface area (Å²) in [5.74, 6) is 0. The second-order valence-corrected chi connectivity index (χ2v) is 4.26. The van der Waals surface area contributed by atoms with E-state index < -0.39 is 5.60 Å². The largest absolute Gasteiger partial charge is 0.389 e. The molecular weight excluding hydrogens is 166 g/mol. The molecule has 1 unspecified atom stereocenters. The molecule has 0 radical (unpaired) electrons. The minimum Gasteiger partial charge on any atom is -0.389 e. The molecule has 0 aromatic heterocycles.